The maximum atomic E-state index is 6.10. The molecule has 1 aromatic carbocycles. The van der Waals surface area contributed by atoms with Gasteiger partial charge in [-0.05, 0) is 55.3 Å². The first-order valence-electron chi connectivity index (χ1n) is 11.7. The molecule has 6 heterocycles. The maximum absolute atomic E-state index is 6.10. The van der Waals surface area contributed by atoms with Crippen LogP contribution in [0.4, 0.5) is 17.3 Å². The molecule has 174 valence electrons. The van der Waals surface area contributed by atoms with Crippen LogP contribution >= 0.6 is 0 Å². The standard InChI is InChI=1S/C25H23N9O/c1-15-8-16(2-4-21(15)35-19-6-7-34-23(10-19)28-14-30-34)31-25-24-20(27-13-29-25)3-5-22(32-24)33-12-17-9-18(33)11-26-17/h2-8,10,13-14,17-18,26H,9,11-12H2,1H3,(H,27,29,31). The average Bonchev–Trinajstić information content (AvgIpc) is 3.63. The number of nitrogens with zero attached hydrogens (tertiary/aromatic N) is 7. The second-order valence-corrected chi connectivity index (χ2v) is 9.04. The molecule has 0 radical (unpaired) electrons. The Morgan fingerprint density at radius 2 is 2.03 bits per heavy atom. The van der Waals surface area contributed by atoms with Crippen molar-refractivity contribution in [2.45, 2.75) is 25.4 Å². The van der Waals surface area contributed by atoms with Crippen LogP contribution in [0.1, 0.15) is 12.0 Å². The molecule has 2 fully saturated rings. The van der Waals surface area contributed by atoms with Crippen molar-refractivity contribution in [3.05, 3.63) is 66.9 Å². The molecule has 2 atom stereocenters. The van der Waals surface area contributed by atoms with Crippen molar-refractivity contribution in [3.8, 4) is 11.5 Å². The molecule has 2 unspecified atom stereocenters. The molecular formula is C25H23N9O. The Bertz CT molecular complexity index is 1570. The minimum Gasteiger partial charge on any atom is -0.457 e. The Hall–Kier alpha value is -4.31. The van der Waals surface area contributed by atoms with E-state index >= 15 is 0 Å². The van der Waals surface area contributed by atoms with Crippen molar-refractivity contribution in [3.63, 3.8) is 0 Å². The molecule has 2 saturated heterocycles. The van der Waals surface area contributed by atoms with Crippen LogP contribution in [-0.4, -0.2) is 54.7 Å². The third-order valence-corrected chi connectivity index (χ3v) is 6.74. The van der Waals surface area contributed by atoms with Gasteiger partial charge in [-0.25, -0.2) is 24.5 Å². The number of benzene rings is 1. The minimum atomic E-state index is 0.506. The van der Waals surface area contributed by atoms with Gasteiger partial charge in [0.25, 0.3) is 0 Å². The van der Waals surface area contributed by atoms with Crippen LogP contribution in [0, 0.1) is 6.92 Å². The molecule has 4 aromatic heterocycles. The normalized spacial score (nSPS) is 19.1. The number of hydrogen-bond donors (Lipinski definition) is 2. The first-order chi connectivity index (χ1) is 17.2. The van der Waals surface area contributed by atoms with E-state index in [9.17, 15) is 0 Å². The number of ether oxygens (including phenoxy) is 1. The molecule has 7 rings (SSSR count). The molecule has 2 aliphatic rings. The maximum Gasteiger partial charge on any atom is 0.160 e. The van der Waals surface area contributed by atoms with Gasteiger partial charge in [0.05, 0.1) is 5.52 Å². The van der Waals surface area contributed by atoms with Crippen LogP contribution in [0.3, 0.4) is 0 Å². The summed E-state index contributed by atoms with van der Waals surface area (Å²) < 4.78 is 7.80. The molecule has 0 aliphatic carbocycles. The van der Waals surface area contributed by atoms with Crippen molar-refractivity contribution in [1.82, 2.24) is 34.9 Å². The van der Waals surface area contributed by atoms with E-state index in [2.05, 4.69) is 41.7 Å². The van der Waals surface area contributed by atoms with Crippen LogP contribution < -0.4 is 20.3 Å². The van der Waals surface area contributed by atoms with Crippen LogP contribution in [-0.2, 0) is 0 Å². The number of anilines is 3. The van der Waals surface area contributed by atoms with Gasteiger partial charge in [0, 0.05) is 43.1 Å². The number of nitrogens with one attached hydrogen (secondary N) is 2. The van der Waals surface area contributed by atoms with Crippen molar-refractivity contribution < 1.29 is 4.74 Å². The Balaban J connectivity index is 1.15. The topological polar surface area (TPSA) is 105 Å². The zero-order valence-corrected chi connectivity index (χ0v) is 19.1. The Morgan fingerprint density at radius 3 is 2.89 bits per heavy atom. The fourth-order valence-electron chi connectivity index (χ4n) is 4.99. The van der Waals surface area contributed by atoms with E-state index < -0.39 is 0 Å². The molecule has 35 heavy (non-hydrogen) atoms. The summed E-state index contributed by atoms with van der Waals surface area (Å²) in [5.74, 6) is 3.14. The van der Waals surface area contributed by atoms with Gasteiger partial charge in [0.15, 0.2) is 11.5 Å². The lowest BCUT2D eigenvalue weighted by Crippen LogP contribution is -2.44. The highest BCUT2D eigenvalue weighted by Crippen LogP contribution is 2.32. The van der Waals surface area contributed by atoms with E-state index in [1.165, 1.54) is 12.7 Å². The largest absolute Gasteiger partial charge is 0.457 e. The van der Waals surface area contributed by atoms with E-state index in [4.69, 9.17) is 9.72 Å². The predicted octanol–water partition coefficient (Wildman–Crippen LogP) is 3.46. The Morgan fingerprint density at radius 1 is 1.06 bits per heavy atom. The van der Waals surface area contributed by atoms with Gasteiger partial charge >= 0.3 is 0 Å². The van der Waals surface area contributed by atoms with Crippen molar-refractivity contribution >= 4 is 34.0 Å². The van der Waals surface area contributed by atoms with E-state index in [0.717, 1.165) is 52.6 Å². The molecule has 0 amide bonds. The Kier molecular flexibility index (Phi) is 4.52. The summed E-state index contributed by atoms with van der Waals surface area (Å²) in [7, 11) is 0. The molecule has 0 saturated carbocycles. The zero-order valence-electron chi connectivity index (χ0n) is 19.1. The zero-order chi connectivity index (χ0) is 23.4. The van der Waals surface area contributed by atoms with Crippen molar-refractivity contribution in [2.75, 3.05) is 23.3 Å². The first kappa shape index (κ1) is 20.1. The molecule has 0 spiro atoms. The number of piperazine rings is 1. The molecular weight excluding hydrogens is 442 g/mol. The Labute approximate surface area is 201 Å². The van der Waals surface area contributed by atoms with Crippen LogP contribution in [0.5, 0.6) is 11.5 Å². The molecule has 5 aromatic rings. The number of hydrogen-bond acceptors (Lipinski definition) is 9. The highest BCUT2D eigenvalue weighted by Gasteiger charge is 2.38. The lowest BCUT2D eigenvalue weighted by Gasteiger charge is -2.28. The second-order valence-electron chi connectivity index (χ2n) is 9.04. The molecule has 2 N–H and O–H groups in total. The quantitative estimate of drug-likeness (QED) is 0.404. The van der Waals surface area contributed by atoms with Gasteiger partial charge < -0.3 is 20.3 Å². The number of pyridine rings is 2. The van der Waals surface area contributed by atoms with Crippen LogP contribution in [0.15, 0.2) is 61.3 Å². The average molecular weight is 466 g/mol. The third-order valence-electron chi connectivity index (χ3n) is 6.74. The number of aromatic nitrogens is 6. The molecule has 2 aliphatic heterocycles. The number of aryl methyl sites for hydroxylation is 1. The lowest BCUT2D eigenvalue weighted by atomic mass is 10.2. The fraction of sp³-hybridized carbons (Fsp3) is 0.240. The molecule has 2 bridgehead atoms. The van der Waals surface area contributed by atoms with E-state index in [0.29, 0.717) is 23.7 Å². The number of fused-ring (bicyclic) bond motifs is 4. The summed E-state index contributed by atoms with van der Waals surface area (Å²) in [5.41, 5.74) is 4.21. The van der Waals surface area contributed by atoms with E-state index in [1.54, 1.807) is 10.8 Å². The SMILES string of the molecule is Cc1cc(Nc2ncnc3ccc(N4CC5CC4CN5)nc23)ccc1Oc1ccn2ncnc2c1. The smallest absolute Gasteiger partial charge is 0.160 e. The fourth-order valence-corrected chi connectivity index (χ4v) is 4.99. The van der Waals surface area contributed by atoms with E-state index in [1.807, 2.05) is 49.5 Å². The van der Waals surface area contributed by atoms with Crippen molar-refractivity contribution in [2.24, 2.45) is 0 Å². The highest BCUT2D eigenvalue weighted by molar-refractivity contribution is 5.88. The second kappa shape index (κ2) is 7.88. The highest BCUT2D eigenvalue weighted by atomic mass is 16.5. The van der Waals surface area contributed by atoms with Crippen LogP contribution in [0.2, 0.25) is 0 Å². The molecule has 10 heteroatoms. The van der Waals surface area contributed by atoms with Gasteiger partial charge in [-0.15, -0.1) is 0 Å². The van der Waals surface area contributed by atoms with Gasteiger partial charge in [0.2, 0.25) is 0 Å². The van der Waals surface area contributed by atoms with E-state index in [-0.39, 0.29) is 0 Å². The summed E-state index contributed by atoms with van der Waals surface area (Å²) in [5, 5.41) is 11.1. The minimum absolute atomic E-state index is 0.506. The lowest BCUT2D eigenvalue weighted by molar-refractivity contribution is 0.478. The predicted molar refractivity (Wildman–Crippen MR) is 132 cm³/mol. The molecule has 10 nitrogen and oxygen atoms in total. The summed E-state index contributed by atoms with van der Waals surface area (Å²) >= 11 is 0. The van der Waals surface area contributed by atoms with Gasteiger partial charge in [-0.3, -0.25) is 0 Å². The summed E-state index contributed by atoms with van der Waals surface area (Å²) in [6.45, 7) is 4.02. The van der Waals surface area contributed by atoms with Gasteiger partial charge in [-0.1, -0.05) is 0 Å². The van der Waals surface area contributed by atoms with Gasteiger partial charge in [0.1, 0.15) is 35.5 Å². The summed E-state index contributed by atoms with van der Waals surface area (Å²) in [4.78, 5) is 20.5. The first-order valence-corrected chi connectivity index (χ1v) is 11.7. The third kappa shape index (κ3) is 3.58. The van der Waals surface area contributed by atoms with Crippen molar-refractivity contribution in [1.29, 1.82) is 0 Å². The van der Waals surface area contributed by atoms with Gasteiger partial charge in [-0.2, -0.15) is 5.10 Å². The van der Waals surface area contributed by atoms with Crippen LogP contribution in [0.25, 0.3) is 16.7 Å². The summed E-state index contributed by atoms with van der Waals surface area (Å²) in [6.07, 6.45) is 6.09. The summed E-state index contributed by atoms with van der Waals surface area (Å²) in [6, 6.07) is 14.8. The number of rotatable bonds is 5. The monoisotopic (exact) mass is 465 g/mol.